The Bertz CT molecular complexity index is 1280. The SMILES string of the molecule is CC[C@@]12CCC(=O)N1c1nc(-n3ccnc3-c3ccccc3)ncc1-n1cnnc12. The highest BCUT2D eigenvalue weighted by molar-refractivity contribution is 5.99. The summed E-state index contributed by atoms with van der Waals surface area (Å²) in [5.41, 5.74) is 1.15. The van der Waals surface area contributed by atoms with Gasteiger partial charge in [0, 0.05) is 24.4 Å². The van der Waals surface area contributed by atoms with Gasteiger partial charge in [0.25, 0.3) is 0 Å². The fourth-order valence-corrected chi connectivity index (χ4v) is 4.60. The molecule has 1 amide bonds. The predicted octanol–water partition coefficient (Wildman–Crippen LogP) is 2.66. The van der Waals surface area contributed by atoms with E-state index >= 15 is 0 Å². The van der Waals surface area contributed by atoms with E-state index in [1.54, 1.807) is 23.6 Å². The Hall–Kier alpha value is -3.88. The largest absolute Gasteiger partial charge is 0.281 e. The van der Waals surface area contributed by atoms with Crippen LogP contribution in [0.25, 0.3) is 23.0 Å². The van der Waals surface area contributed by atoms with E-state index in [1.807, 2.05) is 45.7 Å². The van der Waals surface area contributed by atoms with Gasteiger partial charge in [0.05, 0.1) is 6.20 Å². The van der Waals surface area contributed by atoms with Crippen molar-refractivity contribution in [2.24, 2.45) is 0 Å². The van der Waals surface area contributed by atoms with E-state index in [9.17, 15) is 4.79 Å². The maximum atomic E-state index is 12.9. The van der Waals surface area contributed by atoms with Gasteiger partial charge in [-0.15, -0.1) is 10.2 Å². The minimum atomic E-state index is -0.524. The third kappa shape index (κ3) is 2.11. The highest BCUT2D eigenvalue weighted by atomic mass is 16.2. The minimum Gasteiger partial charge on any atom is -0.281 e. The molecule has 0 spiro atoms. The quantitative estimate of drug-likeness (QED) is 0.527. The third-order valence-electron chi connectivity index (χ3n) is 6.08. The molecule has 4 aromatic rings. The number of hydrogen-bond donors (Lipinski definition) is 0. The first-order valence-electron chi connectivity index (χ1n) is 9.93. The van der Waals surface area contributed by atoms with E-state index in [0.29, 0.717) is 30.3 Å². The summed E-state index contributed by atoms with van der Waals surface area (Å²) in [6.07, 6.45) is 8.83. The predicted molar refractivity (Wildman–Crippen MR) is 108 cm³/mol. The summed E-state index contributed by atoms with van der Waals surface area (Å²) < 4.78 is 3.75. The lowest BCUT2D eigenvalue weighted by Gasteiger charge is -2.40. The Morgan fingerprint density at radius 3 is 2.83 bits per heavy atom. The molecule has 2 aliphatic rings. The molecule has 0 aliphatic carbocycles. The highest BCUT2D eigenvalue weighted by Crippen LogP contribution is 2.49. The van der Waals surface area contributed by atoms with E-state index in [0.717, 1.165) is 23.6 Å². The van der Waals surface area contributed by atoms with Gasteiger partial charge in [0.2, 0.25) is 11.9 Å². The summed E-state index contributed by atoms with van der Waals surface area (Å²) in [5.74, 6) is 2.61. The lowest BCUT2D eigenvalue weighted by atomic mass is 9.90. The van der Waals surface area contributed by atoms with Crippen molar-refractivity contribution in [1.29, 1.82) is 0 Å². The zero-order valence-corrected chi connectivity index (χ0v) is 16.3. The molecule has 2 aliphatic heterocycles. The van der Waals surface area contributed by atoms with Crippen LogP contribution in [0.1, 0.15) is 32.0 Å². The van der Waals surface area contributed by atoms with Crippen molar-refractivity contribution in [1.82, 2.24) is 34.3 Å². The molecule has 1 atom stereocenters. The number of imidazole rings is 1. The summed E-state index contributed by atoms with van der Waals surface area (Å²) in [4.78, 5) is 28.7. The Labute approximate surface area is 172 Å². The molecule has 0 radical (unpaired) electrons. The lowest BCUT2D eigenvalue weighted by molar-refractivity contribution is -0.117. The van der Waals surface area contributed by atoms with E-state index in [4.69, 9.17) is 4.98 Å². The number of anilines is 1. The Morgan fingerprint density at radius 1 is 1.13 bits per heavy atom. The monoisotopic (exact) mass is 398 g/mol. The Kier molecular flexibility index (Phi) is 3.44. The number of nitrogens with zero attached hydrogens (tertiary/aromatic N) is 8. The fraction of sp³-hybridized carbons (Fsp3) is 0.238. The van der Waals surface area contributed by atoms with E-state index in [2.05, 4.69) is 27.1 Å². The van der Waals surface area contributed by atoms with Crippen molar-refractivity contribution in [3.05, 3.63) is 61.1 Å². The van der Waals surface area contributed by atoms with Gasteiger partial charge in [-0.25, -0.2) is 9.97 Å². The molecule has 0 unspecified atom stereocenters. The third-order valence-corrected chi connectivity index (χ3v) is 6.08. The van der Waals surface area contributed by atoms with Crippen molar-refractivity contribution in [2.75, 3.05) is 4.90 Å². The molecule has 0 bridgehead atoms. The number of benzene rings is 1. The van der Waals surface area contributed by atoms with Gasteiger partial charge in [-0.2, -0.15) is 4.98 Å². The van der Waals surface area contributed by atoms with Crippen LogP contribution in [0.3, 0.4) is 0 Å². The van der Waals surface area contributed by atoms with Crippen LogP contribution in [0.4, 0.5) is 5.82 Å². The first kappa shape index (κ1) is 17.0. The second-order valence-corrected chi connectivity index (χ2v) is 7.50. The second kappa shape index (κ2) is 6.06. The number of rotatable bonds is 3. The maximum Gasteiger partial charge on any atom is 0.237 e. The molecule has 3 aromatic heterocycles. The molecule has 1 aromatic carbocycles. The highest BCUT2D eigenvalue weighted by Gasteiger charge is 2.53. The van der Waals surface area contributed by atoms with E-state index in [1.165, 1.54) is 0 Å². The minimum absolute atomic E-state index is 0.0471. The molecule has 30 heavy (non-hydrogen) atoms. The molecular weight excluding hydrogens is 380 g/mol. The summed E-state index contributed by atoms with van der Waals surface area (Å²) in [7, 11) is 0. The topological polar surface area (TPSA) is 94.6 Å². The smallest absolute Gasteiger partial charge is 0.237 e. The van der Waals surface area contributed by atoms with Crippen LogP contribution in [0.15, 0.2) is 55.2 Å². The van der Waals surface area contributed by atoms with Crippen molar-refractivity contribution in [2.45, 2.75) is 31.7 Å². The van der Waals surface area contributed by atoms with Gasteiger partial charge in [-0.3, -0.25) is 18.8 Å². The standard InChI is InChI=1S/C21H18N8O/c1-2-21-9-8-16(30)29(21)18-15(28-13-24-26-19(21)28)12-23-20(25-18)27-11-10-22-17(27)14-6-4-3-5-7-14/h3-7,10-13H,2,8-9H2,1H3/t21-/m0/s1. The van der Waals surface area contributed by atoms with Crippen LogP contribution in [-0.2, 0) is 10.3 Å². The molecule has 9 nitrogen and oxygen atoms in total. The van der Waals surface area contributed by atoms with Crippen LogP contribution in [0.2, 0.25) is 0 Å². The van der Waals surface area contributed by atoms with Crippen LogP contribution in [-0.4, -0.2) is 40.2 Å². The van der Waals surface area contributed by atoms with Gasteiger partial charge >= 0.3 is 0 Å². The zero-order valence-electron chi connectivity index (χ0n) is 16.3. The fourth-order valence-electron chi connectivity index (χ4n) is 4.60. The van der Waals surface area contributed by atoms with Crippen molar-refractivity contribution in [3.8, 4) is 23.0 Å². The summed E-state index contributed by atoms with van der Waals surface area (Å²) in [6.45, 7) is 2.07. The number of carbonyl (C=O) groups is 1. The summed E-state index contributed by atoms with van der Waals surface area (Å²) >= 11 is 0. The number of carbonyl (C=O) groups excluding carboxylic acids is 1. The number of hydrogen-bond acceptors (Lipinski definition) is 6. The molecule has 1 fully saturated rings. The molecule has 9 heteroatoms. The van der Waals surface area contributed by atoms with Crippen molar-refractivity contribution in [3.63, 3.8) is 0 Å². The van der Waals surface area contributed by atoms with E-state index in [-0.39, 0.29) is 5.91 Å². The Morgan fingerprint density at radius 2 is 2.00 bits per heavy atom. The average molecular weight is 398 g/mol. The van der Waals surface area contributed by atoms with Gasteiger partial charge in [-0.1, -0.05) is 37.3 Å². The van der Waals surface area contributed by atoms with Gasteiger partial charge in [-0.05, 0) is 12.8 Å². The van der Waals surface area contributed by atoms with Crippen LogP contribution >= 0.6 is 0 Å². The number of amides is 1. The molecule has 1 saturated heterocycles. The average Bonchev–Trinajstić information content (AvgIpc) is 3.53. The number of fused-ring (bicyclic) bond motifs is 6. The van der Waals surface area contributed by atoms with Crippen LogP contribution in [0.5, 0.6) is 0 Å². The lowest BCUT2D eigenvalue weighted by Crippen LogP contribution is -2.48. The molecular formula is C21H18N8O. The molecule has 6 rings (SSSR count). The maximum absolute atomic E-state index is 12.9. The van der Waals surface area contributed by atoms with Crippen LogP contribution in [0, 0.1) is 0 Å². The summed E-state index contributed by atoms with van der Waals surface area (Å²) in [5, 5.41) is 8.46. The van der Waals surface area contributed by atoms with Crippen molar-refractivity contribution >= 4 is 11.7 Å². The van der Waals surface area contributed by atoms with Gasteiger partial charge in [0.1, 0.15) is 23.4 Å². The number of aromatic nitrogens is 7. The molecule has 5 heterocycles. The second-order valence-electron chi connectivity index (χ2n) is 7.50. The molecule has 0 saturated carbocycles. The first-order valence-corrected chi connectivity index (χ1v) is 9.93. The molecule has 0 N–H and O–H groups in total. The normalized spacial score (nSPS) is 19.5. The summed E-state index contributed by atoms with van der Waals surface area (Å²) in [6, 6.07) is 9.88. The van der Waals surface area contributed by atoms with E-state index < -0.39 is 5.54 Å². The zero-order chi connectivity index (χ0) is 20.3. The van der Waals surface area contributed by atoms with Gasteiger partial charge < -0.3 is 0 Å². The van der Waals surface area contributed by atoms with Crippen LogP contribution < -0.4 is 4.90 Å². The Balaban J connectivity index is 1.56. The molecule has 148 valence electrons. The first-order chi connectivity index (χ1) is 14.7. The van der Waals surface area contributed by atoms with Crippen molar-refractivity contribution < 1.29 is 4.79 Å². The van der Waals surface area contributed by atoms with Gasteiger partial charge in [0.15, 0.2) is 11.6 Å².